The van der Waals surface area contributed by atoms with E-state index in [9.17, 15) is 0 Å². The summed E-state index contributed by atoms with van der Waals surface area (Å²) in [5, 5.41) is 6.70. The van der Waals surface area contributed by atoms with Crippen LogP contribution in [0.3, 0.4) is 0 Å². The van der Waals surface area contributed by atoms with Crippen molar-refractivity contribution in [3.63, 3.8) is 0 Å². The molecular formula is C18H28N4O3. The summed E-state index contributed by atoms with van der Waals surface area (Å²) in [6.07, 6.45) is 1.09. The lowest BCUT2D eigenvalue weighted by Crippen LogP contribution is -2.40. The molecule has 0 atom stereocenters. The third kappa shape index (κ3) is 5.51. The maximum Gasteiger partial charge on any atom is 0.231 e. The molecule has 2 heterocycles. The zero-order valence-corrected chi connectivity index (χ0v) is 14.9. The number of guanidine groups is 1. The van der Waals surface area contributed by atoms with E-state index in [1.807, 2.05) is 18.2 Å². The zero-order chi connectivity index (χ0) is 17.3. The number of rotatable bonds is 7. The van der Waals surface area contributed by atoms with Crippen molar-refractivity contribution in [2.24, 2.45) is 4.99 Å². The van der Waals surface area contributed by atoms with Crippen molar-refractivity contribution in [2.45, 2.75) is 19.9 Å². The van der Waals surface area contributed by atoms with Crippen LogP contribution in [0.15, 0.2) is 23.2 Å². The van der Waals surface area contributed by atoms with Gasteiger partial charge in [0, 0.05) is 26.2 Å². The van der Waals surface area contributed by atoms with Crippen LogP contribution in [-0.4, -0.2) is 63.6 Å². The van der Waals surface area contributed by atoms with Gasteiger partial charge in [0.2, 0.25) is 6.79 Å². The molecule has 2 N–H and O–H groups in total. The molecule has 0 bridgehead atoms. The van der Waals surface area contributed by atoms with Crippen molar-refractivity contribution < 1.29 is 14.2 Å². The highest BCUT2D eigenvalue weighted by Crippen LogP contribution is 2.32. The monoisotopic (exact) mass is 348 g/mol. The van der Waals surface area contributed by atoms with Gasteiger partial charge >= 0.3 is 0 Å². The number of benzene rings is 1. The highest BCUT2D eigenvalue weighted by Gasteiger charge is 2.13. The Morgan fingerprint density at radius 1 is 1.16 bits per heavy atom. The lowest BCUT2D eigenvalue weighted by atomic mass is 10.2. The first-order valence-corrected chi connectivity index (χ1v) is 9.06. The Morgan fingerprint density at radius 3 is 2.84 bits per heavy atom. The molecule has 25 heavy (non-hydrogen) atoms. The first-order chi connectivity index (χ1) is 12.3. The number of ether oxygens (including phenoxy) is 3. The van der Waals surface area contributed by atoms with Crippen molar-refractivity contribution in [1.82, 2.24) is 15.5 Å². The third-order valence-corrected chi connectivity index (χ3v) is 4.25. The Labute approximate surface area is 149 Å². The number of hydrogen-bond donors (Lipinski definition) is 2. The van der Waals surface area contributed by atoms with E-state index in [4.69, 9.17) is 14.2 Å². The first-order valence-electron chi connectivity index (χ1n) is 9.06. The van der Waals surface area contributed by atoms with Crippen LogP contribution in [0.25, 0.3) is 0 Å². The molecule has 0 unspecified atom stereocenters. The highest BCUT2D eigenvalue weighted by atomic mass is 16.7. The molecule has 0 amide bonds. The van der Waals surface area contributed by atoms with E-state index < -0.39 is 0 Å². The molecule has 0 aliphatic carbocycles. The predicted molar refractivity (Wildman–Crippen MR) is 97.3 cm³/mol. The van der Waals surface area contributed by atoms with Gasteiger partial charge in [0.1, 0.15) is 0 Å². The summed E-state index contributed by atoms with van der Waals surface area (Å²) >= 11 is 0. The molecule has 1 aromatic rings. The summed E-state index contributed by atoms with van der Waals surface area (Å²) in [5.41, 5.74) is 1.11. The second-order valence-corrected chi connectivity index (χ2v) is 6.12. The van der Waals surface area contributed by atoms with Gasteiger partial charge in [-0.3, -0.25) is 4.90 Å². The molecule has 0 saturated carbocycles. The second kappa shape index (κ2) is 9.48. The average molecular weight is 348 g/mol. The number of fused-ring (bicyclic) bond motifs is 1. The minimum atomic E-state index is 0.301. The molecule has 2 aliphatic heterocycles. The Balaban J connectivity index is 1.44. The molecule has 138 valence electrons. The van der Waals surface area contributed by atoms with Crippen molar-refractivity contribution in [3.8, 4) is 11.5 Å². The molecule has 0 aromatic heterocycles. The molecule has 0 spiro atoms. The molecule has 7 nitrogen and oxygen atoms in total. The normalized spacial score (nSPS) is 17.6. The Morgan fingerprint density at radius 2 is 2.00 bits per heavy atom. The molecule has 7 heteroatoms. The molecule has 1 aromatic carbocycles. The minimum absolute atomic E-state index is 0.301. The fourth-order valence-electron chi connectivity index (χ4n) is 2.89. The molecule has 1 saturated heterocycles. The van der Waals surface area contributed by atoms with Crippen LogP contribution in [-0.2, 0) is 11.3 Å². The summed E-state index contributed by atoms with van der Waals surface area (Å²) < 4.78 is 16.1. The van der Waals surface area contributed by atoms with Crippen molar-refractivity contribution in [1.29, 1.82) is 0 Å². The fraction of sp³-hybridized carbons (Fsp3) is 0.611. The van der Waals surface area contributed by atoms with Gasteiger partial charge in [0.15, 0.2) is 17.5 Å². The molecule has 3 rings (SSSR count). The Bertz CT molecular complexity index is 573. The van der Waals surface area contributed by atoms with E-state index in [0.29, 0.717) is 13.3 Å². The van der Waals surface area contributed by atoms with Crippen molar-refractivity contribution >= 4 is 5.96 Å². The van der Waals surface area contributed by atoms with E-state index in [1.54, 1.807) is 0 Å². The summed E-state index contributed by atoms with van der Waals surface area (Å²) in [6, 6.07) is 5.96. The maximum atomic E-state index is 5.41. The van der Waals surface area contributed by atoms with E-state index in [0.717, 1.165) is 75.4 Å². The number of hydrogen-bond acceptors (Lipinski definition) is 5. The summed E-state index contributed by atoms with van der Waals surface area (Å²) in [6.45, 7) is 9.62. The van der Waals surface area contributed by atoms with Crippen LogP contribution < -0.4 is 20.1 Å². The van der Waals surface area contributed by atoms with Gasteiger partial charge in [-0.1, -0.05) is 6.07 Å². The van der Waals surface area contributed by atoms with Gasteiger partial charge in [-0.25, -0.2) is 4.99 Å². The van der Waals surface area contributed by atoms with Crippen LogP contribution in [0.2, 0.25) is 0 Å². The topological polar surface area (TPSA) is 67.4 Å². The number of nitrogens with zero attached hydrogens (tertiary/aromatic N) is 2. The molecular weight excluding hydrogens is 320 g/mol. The van der Waals surface area contributed by atoms with Crippen molar-refractivity contribution in [3.05, 3.63) is 23.8 Å². The predicted octanol–water partition coefficient (Wildman–Crippen LogP) is 1.19. The summed E-state index contributed by atoms with van der Waals surface area (Å²) in [5.74, 6) is 2.46. The van der Waals surface area contributed by atoms with Gasteiger partial charge in [-0.05, 0) is 37.6 Å². The van der Waals surface area contributed by atoms with Crippen LogP contribution in [0.5, 0.6) is 11.5 Å². The first kappa shape index (κ1) is 17.8. The van der Waals surface area contributed by atoms with Crippen LogP contribution >= 0.6 is 0 Å². The van der Waals surface area contributed by atoms with E-state index in [2.05, 4.69) is 27.4 Å². The van der Waals surface area contributed by atoms with Gasteiger partial charge in [-0.15, -0.1) is 0 Å². The van der Waals surface area contributed by atoms with Gasteiger partial charge in [-0.2, -0.15) is 0 Å². The average Bonchev–Trinajstić information content (AvgIpc) is 3.12. The third-order valence-electron chi connectivity index (χ3n) is 4.25. The van der Waals surface area contributed by atoms with Gasteiger partial charge < -0.3 is 24.8 Å². The molecule has 0 radical (unpaired) electrons. The SMILES string of the molecule is CCNC(=NCc1ccc2c(c1)OCO2)NCCCN1CCOCC1. The quantitative estimate of drug-likeness (QED) is 0.438. The second-order valence-electron chi connectivity index (χ2n) is 6.12. The maximum absolute atomic E-state index is 5.41. The van der Waals surface area contributed by atoms with Crippen LogP contribution in [0.1, 0.15) is 18.9 Å². The smallest absolute Gasteiger partial charge is 0.231 e. The van der Waals surface area contributed by atoms with Gasteiger partial charge in [0.25, 0.3) is 0 Å². The Kier molecular flexibility index (Phi) is 6.76. The van der Waals surface area contributed by atoms with Crippen LogP contribution in [0, 0.1) is 0 Å². The standard InChI is InChI=1S/C18H28N4O3/c1-2-19-18(20-6-3-7-22-8-10-23-11-9-22)21-13-15-4-5-16-17(12-15)25-14-24-16/h4-5,12H,2-3,6-11,13-14H2,1H3,(H2,19,20,21). The van der Waals surface area contributed by atoms with Crippen LogP contribution in [0.4, 0.5) is 0 Å². The minimum Gasteiger partial charge on any atom is -0.454 e. The van der Waals surface area contributed by atoms with Gasteiger partial charge in [0.05, 0.1) is 19.8 Å². The lowest BCUT2D eigenvalue weighted by Gasteiger charge is -2.26. The largest absolute Gasteiger partial charge is 0.454 e. The summed E-state index contributed by atoms with van der Waals surface area (Å²) in [4.78, 5) is 7.10. The molecule has 1 fully saturated rings. The number of nitrogens with one attached hydrogen (secondary N) is 2. The Hall–Kier alpha value is -1.99. The van der Waals surface area contributed by atoms with E-state index in [1.165, 1.54) is 0 Å². The van der Waals surface area contributed by atoms with E-state index >= 15 is 0 Å². The highest BCUT2D eigenvalue weighted by molar-refractivity contribution is 5.79. The number of aliphatic imine (C=N–C) groups is 1. The van der Waals surface area contributed by atoms with E-state index in [-0.39, 0.29) is 0 Å². The molecule has 2 aliphatic rings. The summed E-state index contributed by atoms with van der Waals surface area (Å²) in [7, 11) is 0. The lowest BCUT2D eigenvalue weighted by molar-refractivity contribution is 0.0376. The zero-order valence-electron chi connectivity index (χ0n) is 14.9. The number of morpholine rings is 1. The fourth-order valence-corrected chi connectivity index (χ4v) is 2.89. The van der Waals surface area contributed by atoms with Crippen molar-refractivity contribution in [2.75, 3.05) is 52.7 Å².